The van der Waals surface area contributed by atoms with Crippen molar-refractivity contribution in [1.29, 1.82) is 0 Å². The van der Waals surface area contributed by atoms with Crippen molar-refractivity contribution in [2.75, 3.05) is 6.54 Å². The summed E-state index contributed by atoms with van der Waals surface area (Å²) < 4.78 is 0. The van der Waals surface area contributed by atoms with E-state index in [1.807, 2.05) is 26.0 Å². The monoisotopic (exact) mass is 224 g/mol. The summed E-state index contributed by atoms with van der Waals surface area (Å²) in [5.74, 6) is -0.384. The van der Waals surface area contributed by atoms with Crippen LogP contribution in [0.4, 0.5) is 0 Å². The lowest BCUT2D eigenvalue weighted by atomic mass is 10.3. The Labute approximate surface area is 94.6 Å². The molecule has 6 nitrogen and oxygen atoms in total. The molecule has 0 spiro atoms. The molecule has 0 unspecified atom stereocenters. The van der Waals surface area contributed by atoms with Gasteiger partial charge in [0, 0.05) is 13.1 Å². The number of hydrogen-bond acceptors (Lipinski definition) is 6. The summed E-state index contributed by atoms with van der Waals surface area (Å²) in [4.78, 5) is 19.7. The van der Waals surface area contributed by atoms with Gasteiger partial charge in [-0.3, -0.25) is 10.4 Å². The number of nitrogens with one attached hydrogen (secondary N) is 2. The van der Waals surface area contributed by atoms with Crippen molar-refractivity contribution >= 4 is 12.2 Å². The Morgan fingerprint density at radius 3 is 3.00 bits per heavy atom. The minimum atomic E-state index is -0.384. The molecule has 0 radical (unpaired) electrons. The fourth-order valence-corrected chi connectivity index (χ4v) is 1.19. The Morgan fingerprint density at radius 1 is 1.56 bits per heavy atom. The lowest BCUT2D eigenvalue weighted by molar-refractivity contribution is -0.190. The molecule has 0 aromatic heterocycles. The first-order chi connectivity index (χ1) is 7.77. The van der Waals surface area contributed by atoms with Gasteiger partial charge in [0.25, 0.3) is 0 Å². The number of carbonyl (C=O) groups is 1. The number of carbonyl (C=O) groups excluding carboxylic acids is 1. The van der Waals surface area contributed by atoms with Gasteiger partial charge in [0.2, 0.25) is 0 Å². The number of hydroxylamine groups is 1. The van der Waals surface area contributed by atoms with Crippen LogP contribution in [0, 0.1) is 0 Å². The van der Waals surface area contributed by atoms with Gasteiger partial charge < -0.3 is 4.84 Å². The predicted molar refractivity (Wildman–Crippen MR) is 60.7 cm³/mol. The minimum absolute atomic E-state index is 0.384. The summed E-state index contributed by atoms with van der Waals surface area (Å²) in [5.41, 5.74) is 7.20. The summed E-state index contributed by atoms with van der Waals surface area (Å²) in [6.45, 7) is 5.81. The van der Waals surface area contributed by atoms with E-state index >= 15 is 0 Å². The van der Waals surface area contributed by atoms with E-state index in [-0.39, 0.29) is 5.97 Å². The highest BCUT2D eigenvalue weighted by Gasteiger charge is 2.23. The number of rotatable bonds is 1. The van der Waals surface area contributed by atoms with E-state index in [4.69, 9.17) is 4.84 Å². The van der Waals surface area contributed by atoms with Crippen LogP contribution in [-0.2, 0) is 9.63 Å². The number of hydrogen-bond donors (Lipinski definition) is 2. The molecule has 0 bridgehead atoms. The molecular formula is C10H16N4O2. The summed E-state index contributed by atoms with van der Waals surface area (Å²) in [7, 11) is 0. The second-order valence-electron chi connectivity index (χ2n) is 2.82. The normalized spacial score (nSPS) is 17.1. The lowest BCUT2D eigenvalue weighted by Gasteiger charge is -2.16. The van der Waals surface area contributed by atoms with Crippen LogP contribution in [0.3, 0.4) is 0 Å². The molecule has 0 fully saturated rings. The Morgan fingerprint density at radius 2 is 2.31 bits per heavy atom. The van der Waals surface area contributed by atoms with E-state index in [9.17, 15) is 4.79 Å². The maximum Gasteiger partial charge on any atom is 0.331 e. The van der Waals surface area contributed by atoms with E-state index in [1.54, 1.807) is 6.21 Å². The summed E-state index contributed by atoms with van der Waals surface area (Å²) in [6.07, 6.45) is 5.36. The highest BCUT2D eigenvalue weighted by molar-refractivity contribution is 5.73. The third-order valence-corrected chi connectivity index (χ3v) is 1.76. The molecule has 0 atom stereocenters. The van der Waals surface area contributed by atoms with Crippen LogP contribution >= 0.6 is 0 Å². The van der Waals surface area contributed by atoms with Crippen LogP contribution in [0.1, 0.15) is 20.8 Å². The second kappa shape index (κ2) is 5.92. The fraction of sp³-hybridized carbons (Fsp3) is 0.400. The first kappa shape index (κ1) is 12.3. The van der Waals surface area contributed by atoms with E-state index < -0.39 is 0 Å². The SMILES string of the molecule is CC.CC(=O)ON1NNC2=C1CN=CC=C2. The van der Waals surface area contributed by atoms with Gasteiger partial charge in [0.1, 0.15) is 5.70 Å². The van der Waals surface area contributed by atoms with Crippen molar-refractivity contribution in [3.05, 3.63) is 23.5 Å². The lowest BCUT2D eigenvalue weighted by Crippen LogP contribution is -2.39. The third kappa shape index (κ3) is 2.83. The zero-order chi connectivity index (χ0) is 12.0. The zero-order valence-corrected chi connectivity index (χ0v) is 9.65. The molecule has 2 rings (SSSR count). The molecule has 0 aromatic carbocycles. The van der Waals surface area contributed by atoms with E-state index in [0.717, 1.165) is 11.4 Å². The molecule has 0 aromatic rings. The molecule has 6 heteroatoms. The molecule has 0 saturated carbocycles. The van der Waals surface area contributed by atoms with Gasteiger partial charge in [-0.15, -0.1) is 10.7 Å². The third-order valence-electron chi connectivity index (χ3n) is 1.76. The second-order valence-corrected chi connectivity index (χ2v) is 2.82. The maximum atomic E-state index is 10.7. The van der Waals surface area contributed by atoms with Crippen LogP contribution in [-0.4, -0.2) is 23.9 Å². The van der Waals surface area contributed by atoms with E-state index in [2.05, 4.69) is 16.0 Å². The average Bonchev–Trinajstić information content (AvgIpc) is 2.53. The van der Waals surface area contributed by atoms with Gasteiger partial charge in [-0.05, 0) is 12.2 Å². The van der Waals surface area contributed by atoms with Gasteiger partial charge in [-0.2, -0.15) is 0 Å². The highest BCUT2D eigenvalue weighted by atomic mass is 16.7. The van der Waals surface area contributed by atoms with Gasteiger partial charge in [0.15, 0.2) is 0 Å². The molecule has 2 heterocycles. The summed E-state index contributed by atoms with van der Waals surface area (Å²) >= 11 is 0. The van der Waals surface area contributed by atoms with Crippen LogP contribution in [0.15, 0.2) is 28.5 Å². The Balaban J connectivity index is 0.000000606. The number of nitrogens with zero attached hydrogens (tertiary/aromatic N) is 2. The number of hydrazine groups is 2. The van der Waals surface area contributed by atoms with Crippen molar-refractivity contribution < 1.29 is 9.63 Å². The van der Waals surface area contributed by atoms with Crippen LogP contribution in [0.2, 0.25) is 0 Å². The largest absolute Gasteiger partial charge is 0.331 e. The van der Waals surface area contributed by atoms with Crippen molar-refractivity contribution in [3.63, 3.8) is 0 Å². The predicted octanol–water partition coefficient (Wildman–Crippen LogP) is 0.668. The number of allylic oxidation sites excluding steroid dienone is 2. The Hall–Kier alpha value is -1.82. The van der Waals surface area contributed by atoms with Crippen LogP contribution in [0.5, 0.6) is 0 Å². The molecule has 0 aliphatic carbocycles. The Kier molecular flexibility index (Phi) is 4.53. The minimum Gasteiger partial charge on any atom is -0.324 e. The first-order valence-electron chi connectivity index (χ1n) is 5.17. The highest BCUT2D eigenvalue weighted by Crippen LogP contribution is 2.15. The van der Waals surface area contributed by atoms with Gasteiger partial charge >= 0.3 is 5.97 Å². The summed E-state index contributed by atoms with van der Waals surface area (Å²) in [5, 5.41) is 1.28. The molecule has 2 aliphatic heterocycles. The van der Waals surface area contributed by atoms with Gasteiger partial charge in [-0.1, -0.05) is 13.8 Å². The molecule has 88 valence electrons. The van der Waals surface area contributed by atoms with E-state index in [0.29, 0.717) is 6.54 Å². The first-order valence-corrected chi connectivity index (χ1v) is 5.17. The average molecular weight is 224 g/mol. The zero-order valence-electron chi connectivity index (χ0n) is 9.65. The van der Waals surface area contributed by atoms with Gasteiger partial charge in [0.05, 0.1) is 12.2 Å². The van der Waals surface area contributed by atoms with Gasteiger partial charge in [-0.25, -0.2) is 4.79 Å². The number of aliphatic imine (C=N–C) groups is 1. The topological polar surface area (TPSA) is 66.0 Å². The van der Waals surface area contributed by atoms with E-state index in [1.165, 1.54) is 12.1 Å². The molecule has 16 heavy (non-hydrogen) atoms. The van der Waals surface area contributed by atoms with Crippen molar-refractivity contribution in [2.45, 2.75) is 20.8 Å². The van der Waals surface area contributed by atoms with Crippen molar-refractivity contribution in [3.8, 4) is 0 Å². The fourth-order valence-electron chi connectivity index (χ4n) is 1.19. The molecule has 2 N–H and O–H groups in total. The molecular weight excluding hydrogens is 208 g/mol. The smallest absolute Gasteiger partial charge is 0.324 e. The van der Waals surface area contributed by atoms with Crippen LogP contribution in [0.25, 0.3) is 0 Å². The van der Waals surface area contributed by atoms with Crippen molar-refractivity contribution in [2.24, 2.45) is 4.99 Å². The van der Waals surface area contributed by atoms with Crippen LogP contribution < -0.4 is 11.0 Å². The van der Waals surface area contributed by atoms with Crippen molar-refractivity contribution in [1.82, 2.24) is 16.1 Å². The molecule has 0 amide bonds. The Bertz CT molecular complexity index is 347. The molecule has 0 saturated heterocycles. The quantitative estimate of drug-likeness (QED) is 0.685. The summed E-state index contributed by atoms with van der Waals surface area (Å²) in [6, 6.07) is 0. The molecule has 2 aliphatic rings. The maximum absolute atomic E-state index is 10.7. The standard InChI is InChI=1S/C8H10N4O2.C2H6/c1-6(13)14-12-8-5-9-4-2-3-7(8)10-11-12;1-2/h2-4,10-11H,5H2,1H3;1-2H3.